The topological polar surface area (TPSA) is 75.2 Å². The van der Waals surface area contributed by atoms with Gasteiger partial charge in [0, 0.05) is 5.39 Å². The fourth-order valence-corrected chi connectivity index (χ4v) is 3.38. The minimum absolute atomic E-state index is 0.0127. The van der Waals surface area contributed by atoms with Crippen LogP contribution >= 0.6 is 0 Å². The van der Waals surface area contributed by atoms with Gasteiger partial charge in [0.25, 0.3) is 0 Å². The smallest absolute Gasteiger partial charge is 0.304 e. The maximum absolute atomic E-state index is 11.1. The van der Waals surface area contributed by atoms with Crippen molar-refractivity contribution in [3.8, 4) is 17.6 Å². The molecule has 2 atom stereocenters. The molecular formula is C24H26N2O3. The molecule has 0 aliphatic rings. The van der Waals surface area contributed by atoms with Crippen LogP contribution < -0.4 is 4.74 Å². The number of hydrogen-bond donors (Lipinski definition) is 2. The molecule has 0 saturated heterocycles. The summed E-state index contributed by atoms with van der Waals surface area (Å²) in [5.74, 6) is 5.84. The molecular weight excluding hydrogens is 364 g/mol. The Labute approximate surface area is 171 Å². The highest BCUT2D eigenvalue weighted by Gasteiger charge is 2.18. The van der Waals surface area contributed by atoms with Gasteiger partial charge < -0.3 is 9.84 Å². The second kappa shape index (κ2) is 9.29. The van der Waals surface area contributed by atoms with Gasteiger partial charge in [0.2, 0.25) is 0 Å². The van der Waals surface area contributed by atoms with Crippen LogP contribution in [-0.4, -0.2) is 21.3 Å². The number of fused-ring (bicyclic) bond motifs is 1. The molecule has 2 aromatic carbocycles. The van der Waals surface area contributed by atoms with Crippen LogP contribution in [-0.2, 0) is 4.79 Å². The summed E-state index contributed by atoms with van der Waals surface area (Å²) in [4.78, 5) is 11.1. The van der Waals surface area contributed by atoms with Gasteiger partial charge in [-0.1, -0.05) is 44.0 Å². The van der Waals surface area contributed by atoms with E-state index in [1.54, 1.807) is 6.92 Å². The number of nitrogens with one attached hydrogen (secondary N) is 1. The number of carboxylic acid groups (broad SMARTS) is 1. The van der Waals surface area contributed by atoms with Crippen LogP contribution in [0, 0.1) is 17.8 Å². The third-order valence-corrected chi connectivity index (χ3v) is 4.78. The second-order valence-corrected chi connectivity index (χ2v) is 7.57. The summed E-state index contributed by atoms with van der Waals surface area (Å²) in [7, 11) is 0. The number of H-pyrrole nitrogens is 1. The van der Waals surface area contributed by atoms with Crippen LogP contribution in [0.15, 0.2) is 48.7 Å². The molecule has 1 heterocycles. The Kier molecular flexibility index (Phi) is 6.56. The van der Waals surface area contributed by atoms with Crippen LogP contribution in [0.5, 0.6) is 5.75 Å². The minimum Gasteiger partial charge on any atom is -0.486 e. The number of aliphatic carboxylic acids is 1. The molecule has 0 fully saturated rings. The van der Waals surface area contributed by atoms with Gasteiger partial charge in [-0.3, -0.25) is 9.89 Å². The molecule has 0 aliphatic heterocycles. The van der Waals surface area contributed by atoms with Gasteiger partial charge >= 0.3 is 5.97 Å². The first-order valence-corrected chi connectivity index (χ1v) is 9.80. The summed E-state index contributed by atoms with van der Waals surface area (Å²) < 4.78 is 6.33. The molecule has 0 bridgehead atoms. The van der Waals surface area contributed by atoms with Crippen LogP contribution in [0.1, 0.15) is 56.8 Å². The summed E-state index contributed by atoms with van der Waals surface area (Å²) in [5.41, 5.74) is 2.97. The standard InChI is InChI=1S/C24H26N2O3/c1-4-5-18(14-24(27)28)17-8-10-21(11-9-17)29-23(12-16(2)3)19-6-7-20-15-25-26-22(20)13-19/h6-11,13,15-16,18,23H,12,14H2,1-3H3,(H,25,26)(H,27,28). The van der Waals surface area contributed by atoms with E-state index >= 15 is 0 Å². The normalized spacial score (nSPS) is 13.0. The first kappa shape index (κ1) is 20.5. The first-order chi connectivity index (χ1) is 14.0. The Balaban J connectivity index is 1.81. The minimum atomic E-state index is -0.857. The zero-order valence-corrected chi connectivity index (χ0v) is 17.0. The van der Waals surface area contributed by atoms with Crippen molar-refractivity contribution in [1.29, 1.82) is 0 Å². The van der Waals surface area contributed by atoms with Gasteiger partial charge in [0.1, 0.15) is 11.9 Å². The number of ether oxygens (including phenoxy) is 1. The third kappa shape index (κ3) is 5.39. The lowest BCUT2D eigenvalue weighted by Crippen LogP contribution is -2.11. The predicted molar refractivity (Wildman–Crippen MR) is 114 cm³/mol. The van der Waals surface area contributed by atoms with Crippen molar-refractivity contribution in [2.45, 2.75) is 45.6 Å². The molecule has 3 aromatic rings. The van der Waals surface area contributed by atoms with E-state index in [0.717, 1.165) is 34.2 Å². The molecule has 0 radical (unpaired) electrons. The van der Waals surface area contributed by atoms with E-state index in [0.29, 0.717) is 5.92 Å². The lowest BCUT2D eigenvalue weighted by molar-refractivity contribution is -0.137. The Hall–Kier alpha value is -3.26. The highest BCUT2D eigenvalue weighted by atomic mass is 16.5. The molecule has 3 rings (SSSR count). The average Bonchev–Trinajstić information content (AvgIpc) is 3.15. The SMILES string of the molecule is CC#CC(CC(=O)O)c1ccc(OC(CC(C)C)c2ccc3cn[nH]c3c2)cc1. The van der Waals surface area contributed by atoms with Gasteiger partial charge in [-0.15, -0.1) is 5.92 Å². The second-order valence-electron chi connectivity index (χ2n) is 7.57. The number of aromatic nitrogens is 2. The Bertz CT molecular complexity index is 1030. The summed E-state index contributed by atoms with van der Waals surface area (Å²) in [6, 6.07) is 13.8. The van der Waals surface area contributed by atoms with Crippen LogP contribution in [0.4, 0.5) is 0 Å². The Morgan fingerprint density at radius 2 is 1.90 bits per heavy atom. The number of benzene rings is 2. The van der Waals surface area contributed by atoms with Crippen molar-refractivity contribution in [2.75, 3.05) is 0 Å². The van der Waals surface area contributed by atoms with E-state index in [-0.39, 0.29) is 18.4 Å². The van der Waals surface area contributed by atoms with E-state index in [1.165, 1.54) is 0 Å². The van der Waals surface area contributed by atoms with E-state index in [9.17, 15) is 4.79 Å². The van der Waals surface area contributed by atoms with E-state index in [1.807, 2.05) is 36.5 Å². The molecule has 150 valence electrons. The molecule has 2 unspecified atom stereocenters. The number of nitrogens with zero attached hydrogens (tertiary/aromatic N) is 1. The molecule has 29 heavy (non-hydrogen) atoms. The van der Waals surface area contributed by atoms with Crippen molar-refractivity contribution in [1.82, 2.24) is 10.2 Å². The zero-order chi connectivity index (χ0) is 20.8. The van der Waals surface area contributed by atoms with E-state index in [4.69, 9.17) is 9.84 Å². The average molecular weight is 390 g/mol. The Morgan fingerprint density at radius 3 is 2.55 bits per heavy atom. The number of rotatable bonds is 8. The van der Waals surface area contributed by atoms with Crippen molar-refractivity contribution < 1.29 is 14.6 Å². The quantitative estimate of drug-likeness (QED) is 0.511. The van der Waals surface area contributed by atoms with Crippen LogP contribution in [0.3, 0.4) is 0 Å². The van der Waals surface area contributed by atoms with Gasteiger partial charge in [-0.05, 0) is 48.6 Å². The molecule has 0 aliphatic carbocycles. The largest absolute Gasteiger partial charge is 0.486 e. The highest BCUT2D eigenvalue weighted by molar-refractivity contribution is 5.78. The van der Waals surface area contributed by atoms with Crippen molar-refractivity contribution >= 4 is 16.9 Å². The van der Waals surface area contributed by atoms with Gasteiger partial charge in [-0.2, -0.15) is 5.10 Å². The predicted octanol–water partition coefficient (Wildman–Crippen LogP) is 5.31. The third-order valence-electron chi connectivity index (χ3n) is 4.78. The molecule has 0 amide bonds. The molecule has 5 nitrogen and oxygen atoms in total. The fraction of sp³-hybridized carbons (Fsp3) is 0.333. The monoisotopic (exact) mass is 390 g/mol. The maximum Gasteiger partial charge on any atom is 0.304 e. The molecule has 0 spiro atoms. The summed E-state index contributed by atoms with van der Waals surface area (Å²) in [6.07, 6.45) is 2.59. The maximum atomic E-state index is 11.1. The number of hydrogen-bond acceptors (Lipinski definition) is 3. The summed E-state index contributed by atoms with van der Waals surface area (Å²) in [5, 5.41) is 17.3. The van der Waals surface area contributed by atoms with Crippen molar-refractivity contribution in [2.24, 2.45) is 5.92 Å². The van der Waals surface area contributed by atoms with Crippen LogP contribution in [0.2, 0.25) is 0 Å². The molecule has 5 heteroatoms. The lowest BCUT2D eigenvalue weighted by atomic mass is 9.96. The van der Waals surface area contributed by atoms with Gasteiger partial charge in [-0.25, -0.2) is 0 Å². The van der Waals surface area contributed by atoms with Crippen molar-refractivity contribution in [3.63, 3.8) is 0 Å². The highest BCUT2D eigenvalue weighted by Crippen LogP contribution is 2.30. The summed E-state index contributed by atoms with van der Waals surface area (Å²) >= 11 is 0. The molecule has 1 aromatic heterocycles. The number of carboxylic acids is 1. The van der Waals surface area contributed by atoms with Crippen molar-refractivity contribution in [3.05, 3.63) is 59.8 Å². The number of carbonyl (C=O) groups is 1. The van der Waals surface area contributed by atoms with Gasteiger partial charge in [0.15, 0.2) is 0 Å². The van der Waals surface area contributed by atoms with E-state index in [2.05, 4.69) is 48.0 Å². The van der Waals surface area contributed by atoms with Crippen LogP contribution in [0.25, 0.3) is 10.9 Å². The number of aromatic amines is 1. The van der Waals surface area contributed by atoms with E-state index < -0.39 is 5.97 Å². The zero-order valence-electron chi connectivity index (χ0n) is 17.0. The molecule has 0 saturated carbocycles. The molecule has 2 N–H and O–H groups in total. The summed E-state index contributed by atoms with van der Waals surface area (Å²) in [6.45, 7) is 6.07. The fourth-order valence-electron chi connectivity index (χ4n) is 3.38. The van der Waals surface area contributed by atoms with Gasteiger partial charge in [0.05, 0.1) is 24.1 Å². The first-order valence-electron chi connectivity index (χ1n) is 9.80. The Morgan fingerprint density at radius 1 is 1.17 bits per heavy atom. The lowest BCUT2D eigenvalue weighted by Gasteiger charge is -2.22.